The van der Waals surface area contributed by atoms with Gasteiger partial charge in [-0.15, -0.1) is 0 Å². The normalized spacial score (nSPS) is 19.4. The van der Waals surface area contributed by atoms with Crippen molar-refractivity contribution < 1.29 is 9.84 Å². The lowest BCUT2D eigenvalue weighted by Gasteiger charge is -2.14. The first-order valence-electron chi connectivity index (χ1n) is 9.26. The van der Waals surface area contributed by atoms with Gasteiger partial charge in [0.25, 0.3) is 0 Å². The Morgan fingerprint density at radius 3 is 2.48 bits per heavy atom. The van der Waals surface area contributed by atoms with Crippen LogP contribution in [0.2, 0.25) is 0 Å². The van der Waals surface area contributed by atoms with E-state index in [2.05, 4.69) is 61.5 Å². The van der Waals surface area contributed by atoms with Crippen molar-refractivity contribution in [3.63, 3.8) is 0 Å². The number of aryl methyl sites for hydroxylation is 1. The number of hydrogen-bond donors (Lipinski definition) is 1. The Hall–Kier alpha value is -3.26. The third-order valence-electron chi connectivity index (χ3n) is 5.48. The fraction of sp³-hybridized carbons (Fsp3) is 0.120. The Balaban J connectivity index is 1.59. The first-order valence-corrected chi connectivity index (χ1v) is 9.26. The van der Waals surface area contributed by atoms with Crippen molar-refractivity contribution in [1.29, 1.82) is 0 Å². The second kappa shape index (κ2) is 6.17. The van der Waals surface area contributed by atoms with Crippen LogP contribution < -0.4 is 4.74 Å². The van der Waals surface area contributed by atoms with E-state index in [9.17, 15) is 5.11 Å². The Morgan fingerprint density at radius 1 is 0.815 bits per heavy atom. The summed E-state index contributed by atoms with van der Waals surface area (Å²) in [5.41, 5.74) is 6.61. The monoisotopic (exact) mass is 352 g/mol. The number of fused-ring (bicyclic) bond motifs is 3. The van der Waals surface area contributed by atoms with Crippen LogP contribution in [-0.4, -0.2) is 11.2 Å². The first kappa shape index (κ1) is 16.0. The quantitative estimate of drug-likeness (QED) is 0.612. The van der Waals surface area contributed by atoms with Gasteiger partial charge in [0.15, 0.2) is 0 Å². The van der Waals surface area contributed by atoms with Crippen molar-refractivity contribution in [2.75, 3.05) is 0 Å². The van der Waals surface area contributed by atoms with Crippen LogP contribution in [0.5, 0.6) is 11.5 Å². The maximum Gasteiger partial charge on any atom is 0.128 e. The van der Waals surface area contributed by atoms with Crippen molar-refractivity contribution in [3.8, 4) is 33.8 Å². The summed E-state index contributed by atoms with van der Waals surface area (Å²) in [4.78, 5) is 0. The lowest BCUT2D eigenvalue weighted by molar-refractivity contribution is 0.269. The van der Waals surface area contributed by atoms with Gasteiger partial charge in [0.2, 0.25) is 0 Å². The topological polar surface area (TPSA) is 29.5 Å². The maximum atomic E-state index is 10.3. The van der Waals surface area contributed by atoms with E-state index in [-0.39, 0.29) is 12.0 Å². The number of hydrogen-bond acceptors (Lipinski definition) is 2. The van der Waals surface area contributed by atoms with Gasteiger partial charge in [0.05, 0.1) is 0 Å². The van der Waals surface area contributed by atoms with Gasteiger partial charge in [0, 0.05) is 17.0 Å². The summed E-state index contributed by atoms with van der Waals surface area (Å²) in [5, 5.41) is 10.3. The molecule has 1 N–H and O–H groups in total. The molecule has 0 saturated carbocycles. The Bertz CT molecular complexity index is 1090. The van der Waals surface area contributed by atoms with Gasteiger partial charge >= 0.3 is 0 Å². The third kappa shape index (κ3) is 2.65. The van der Waals surface area contributed by atoms with Crippen LogP contribution in [-0.2, 0) is 0 Å². The van der Waals surface area contributed by atoms with Crippen molar-refractivity contribution in [2.24, 2.45) is 0 Å². The molecule has 1 heterocycles. The summed E-state index contributed by atoms with van der Waals surface area (Å²) in [5.74, 6) is 1.56. The molecule has 5 rings (SSSR count). The molecule has 2 nitrogen and oxygen atoms in total. The highest BCUT2D eigenvalue weighted by Crippen LogP contribution is 2.43. The van der Waals surface area contributed by atoms with E-state index >= 15 is 0 Å². The van der Waals surface area contributed by atoms with Crippen molar-refractivity contribution in [2.45, 2.75) is 18.9 Å². The van der Waals surface area contributed by atoms with E-state index < -0.39 is 0 Å². The van der Waals surface area contributed by atoms with Gasteiger partial charge in [0.1, 0.15) is 17.6 Å². The average molecular weight is 352 g/mol. The number of para-hydroxylation sites is 1. The van der Waals surface area contributed by atoms with Crippen LogP contribution in [0.15, 0.2) is 85.0 Å². The highest BCUT2D eigenvalue weighted by molar-refractivity contribution is 5.79. The molecule has 2 aliphatic rings. The van der Waals surface area contributed by atoms with E-state index in [1.165, 1.54) is 5.56 Å². The number of ether oxygens (including phenoxy) is 1. The lowest BCUT2D eigenvalue weighted by Crippen LogP contribution is -2.15. The van der Waals surface area contributed by atoms with E-state index in [1.807, 2.05) is 24.3 Å². The number of phenolic OH excluding ortho intramolecular Hbond substituents is 1. The van der Waals surface area contributed by atoms with Gasteiger partial charge in [-0.3, -0.25) is 0 Å². The molecular formula is C25H20O2. The molecule has 2 unspecified atom stereocenters. The van der Waals surface area contributed by atoms with E-state index in [4.69, 9.17) is 4.74 Å². The van der Waals surface area contributed by atoms with E-state index in [0.717, 1.165) is 33.6 Å². The first-order chi connectivity index (χ1) is 13.2. The molecular weight excluding hydrogens is 332 g/mol. The molecule has 0 fully saturated rings. The molecule has 27 heavy (non-hydrogen) atoms. The number of aromatic hydroxyl groups is 1. The van der Waals surface area contributed by atoms with Crippen LogP contribution in [0.25, 0.3) is 22.3 Å². The molecule has 0 bridgehead atoms. The molecule has 2 atom stereocenters. The smallest absolute Gasteiger partial charge is 0.128 e. The largest absolute Gasteiger partial charge is 0.507 e. The average Bonchev–Trinajstić information content (AvgIpc) is 3.07. The zero-order valence-electron chi connectivity index (χ0n) is 15.1. The van der Waals surface area contributed by atoms with Gasteiger partial charge < -0.3 is 9.84 Å². The second-order valence-electron chi connectivity index (χ2n) is 7.18. The summed E-state index contributed by atoms with van der Waals surface area (Å²) in [6, 6.07) is 20.3. The third-order valence-corrected chi connectivity index (χ3v) is 5.48. The lowest BCUT2D eigenvalue weighted by atomic mass is 9.89. The molecule has 0 saturated heterocycles. The highest BCUT2D eigenvalue weighted by Gasteiger charge is 2.32. The molecule has 0 spiro atoms. The second-order valence-corrected chi connectivity index (χ2v) is 7.18. The zero-order valence-corrected chi connectivity index (χ0v) is 15.1. The fourth-order valence-corrected chi connectivity index (χ4v) is 4.02. The molecule has 2 heteroatoms. The van der Waals surface area contributed by atoms with Crippen LogP contribution >= 0.6 is 0 Å². The zero-order chi connectivity index (χ0) is 18.4. The fourth-order valence-electron chi connectivity index (χ4n) is 4.02. The molecule has 3 aromatic carbocycles. The van der Waals surface area contributed by atoms with Gasteiger partial charge in [-0.2, -0.15) is 0 Å². The predicted octanol–water partition coefficient (Wildman–Crippen LogP) is 6.01. The summed E-state index contributed by atoms with van der Waals surface area (Å²) in [7, 11) is 0. The summed E-state index contributed by atoms with van der Waals surface area (Å²) in [6.45, 7) is 2.08. The van der Waals surface area contributed by atoms with Gasteiger partial charge in [-0.25, -0.2) is 0 Å². The molecule has 1 aliphatic carbocycles. The predicted molar refractivity (Wildman–Crippen MR) is 109 cm³/mol. The van der Waals surface area contributed by atoms with E-state index in [1.54, 1.807) is 6.07 Å². The standard InChI is InChI=1S/C25H20O2/c1-16-10-11-17(14-21(16)19-6-2-4-8-23(19)26)18-12-13-25-22(15-18)20-7-3-5-9-24(20)27-25/h2-15,20,24,26H,1H3. The Kier molecular flexibility index (Phi) is 3.64. The van der Waals surface area contributed by atoms with Crippen LogP contribution in [0.3, 0.4) is 0 Å². The Labute approximate surface area is 159 Å². The minimum absolute atomic E-state index is 0.107. The molecule has 0 amide bonds. The van der Waals surface area contributed by atoms with Gasteiger partial charge in [-0.1, -0.05) is 54.6 Å². The minimum atomic E-state index is 0.107. The highest BCUT2D eigenvalue weighted by atomic mass is 16.5. The number of rotatable bonds is 2. The maximum absolute atomic E-state index is 10.3. The van der Waals surface area contributed by atoms with Crippen molar-refractivity contribution in [3.05, 3.63) is 96.1 Å². The summed E-state index contributed by atoms with van der Waals surface area (Å²) in [6.07, 6.45) is 8.58. The molecule has 3 aromatic rings. The number of benzene rings is 3. The summed E-state index contributed by atoms with van der Waals surface area (Å²) >= 11 is 0. The number of phenols is 1. The number of allylic oxidation sites excluding steroid dienone is 2. The van der Waals surface area contributed by atoms with Crippen LogP contribution in [0, 0.1) is 6.92 Å². The Morgan fingerprint density at radius 2 is 1.59 bits per heavy atom. The minimum Gasteiger partial charge on any atom is -0.507 e. The van der Waals surface area contributed by atoms with Crippen LogP contribution in [0.1, 0.15) is 17.0 Å². The summed E-state index contributed by atoms with van der Waals surface area (Å²) < 4.78 is 6.06. The van der Waals surface area contributed by atoms with E-state index in [0.29, 0.717) is 5.75 Å². The SMILES string of the molecule is Cc1ccc(-c2ccc3c(c2)C2C=CC=CC2O3)cc1-c1ccccc1O. The van der Waals surface area contributed by atoms with Crippen molar-refractivity contribution >= 4 is 0 Å². The van der Waals surface area contributed by atoms with Crippen molar-refractivity contribution in [1.82, 2.24) is 0 Å². The molecule has 0 aromatic heterocycles. The van der Waals surface area contributed by atoms with Crippen LogP contribution in [0.4, 0.5) is 0 Å². The van der Waals surface area contributed by atoms with Gasteiger partial charge in [-0.05, 0) is 59.5 Å². The molecule has 1 aliphatic heterocycles. The molecule has 0 radical (unpaired) electrons. The molecule has 132 valence electrons.